The molecule has 1 unspecified atom stereocenters. The summed E-state index contributed by atoms with van der Waals surface area (Å²) in [6.07, 6.45) is 3.31. The van der Waals surface area contributed by atoms with Crippen molar-refractivity contribution in [1.82, 2.24) is 15.0 Å². The molecule has 1 aromatic carbocycles. The second-order valence-electron chi connectivity index (χ2n) is 6.11. The Morgan fingerprint density at radius 1 is 1.33 bits per heavy atom. The van der Waals surface area contributed by atoms with E-state index >= 15 is 0 Å². The van der Waals surface area contributed by atoms with E-state index in [2.05, 4.69) is 27.2 Å². The Balaban J connectivity index is 1.70. The van der Waals surface area contributed by atoms with E-state index in [-0.39, 0.29) is 6.10 Å². The number of methoxy groups -OCH3 is 1. The SMILES string of the molecule is CCc1noc(CN(Cc2cccc(OC)c2)CC2CCCO2)n1. The molecule has 1 aromatic heterocycles. The maximum Gasteiger partial charge on any atom is 0.240 e. The molecule has 0 radical (unpaired) electrons. The standard InChI is InChI=1S/C18H25N3O3/c1-3-17-19-18(24-20-17)13-21(12-16-8-5-9-23-16)11-14-6-4-7-15(10-14)22-2/h4,6-7,10,16H,3,5,8-9,11-13H2,1-2H3. The fourth-order valence-corrected chi connectivity index (χ4v) is 2.98. The Hall–Kier alpha value is -1.92. The third kappa shape index (κ3) is 4.55. The molecule has 0 bridgehead atoms. The Morgan fingerprint density at radius 3 is 2.96 bits per heavy atom. The highest BCUT2D eigenvalue weighted by Crippen LogP contribution is 2.19. The van der Waals surface area contributed by atoms with Gasteiger partial charge in [-0.05, 0) is 30.5 Å². The van der Waals surface area contributed by atoms with Crippen molar-refractivity contribution in [3.05, 3.63) is 41.5 Å². The zero-order valence-electron chi connectivity index (χ0n) is 14.4. The molecule has 24 heavy (non-hydrogen) atoms. The summed E-state index contributed by atoms with van der Waals surface area (Å²) < 4.78 is 16.5. The predicted molar refractivity (Wildman–Crippen MR) is 89.8 cm³/mol. The average molecular weight is 331 g/mol. The largest absolute Gasteiger partial charge is 0.497 e. The third-order valence-electron chi connectivity index (χ3n) is 4.21. The summed E-state index contributed by atoms with van der Waals surface area (Å²) >= 11 is 0. The van der Waals surface area contributed by atoms with E-state index in [1.54, 1.807) is 7.11 Å². The molecule has 6 nitrogen and oxygen atoms in total. The zero-order valence-corrected chi connectivity index (χ0v) is 14.4. The van der Waals surface area contributed by atoms with E-state index in [0.717, 1.165) is 50.5 Å². The van der Waals surface area contributed by atoms with E-state index in [1.807, 2.05) is 19.1 Å². The van der Waals surface area contributed by atoms with Gasteiger partial charge in [-0.1, -0.05) is 24.2 Å². The first-order chi connectivity index (χ1) is 11.8. The van der Waals surface area contributed by atoms with E-state index < -0.39 is 0 Å². The minimum absolute atomic E-state index is 0.282. The van der Waals surface area contributed by atoms with Gasteiger partial charge >= 0.3 is 0 Å². The topological polar surface area (TPSA) is 60.6 Å². The molecule has 130 valence electrons. The molecule has 2 heterocycles. The molecule has 3 rings (SSSR count). The van der Waals surface area contributed by atoms with Crippen LogP contribution in [-0.4, -0.2) is 41.4 Å². The molecular weight excluding hydrogens is 306 g/mol. The molecule has 0 aliphatic carbocycles. The van der Waals surface area contributed by atoms with Crippen LogP contribution in [0, 0.1) is 0 Å². The molecule has 1 fully saturated rings. The van der Waals surface area contributed by atoms with Crippen LogP contribution in [0.4, 0.5) is 0 Å². The summed E-state index contributed by atoms with van der Waals surface area (Å²) in [6.45, 7) is 5.17. The minimum atomic E-state index is 0.282. The van der Waals surface area contributed by atoms with E-state index in [0.29, 0.717) is 12.4 Å². The summed E-state index contributed by atoms with van der Waals surface area (Å²) in [5.74, 6) is 2.28. The van der Waals surface area contributed by atoms with Gasteiger partial charge < -0.3 is 14.0 Å². The molecule has 0 saturated carbocycles. The predicted octanol–water partition coefficient (Wildman–Crippen LogP) is 2.82. The molecule has 1 aliphatic heterocycles. The number of aromatic nitrogens is 2. The summed E-state index contributed by atoms with van der Waals surface area (Å²) in [5.41, 5.74) is 1.20. The number of ether oxygens (including phenoxy) is 2. The van der Waals surface area contributed by atoms with Crippen LogP contribution < -0.4 is 4.74 Å². The van der Waals surface area contributed by atoms with Crippen molar-refractivity contribution in [1.29, 1.82) is 0 Å². The Morgan fingerprint density at radius 2 is 2.25 bits per heavy atom. The molecule has 0 spiro atoms. The van der Waals surface area contributed by atoms with Crippen molar-refractivity contribution in [2.75, 3.05) is 20.3 Å². The van der Waals surface area contributed by atoms with Crippen LogP contribution in [0.5, 0.6) is 5.75 Å². The van der Waals surface area contributed by atoms with Gasteiger partial charge in [-0.2, -0.15) is 4.98 Å². The van der Waals surface area contributed by atoms with Gasteiger partial charge in [0.1, 0.15) is 5.75 Å². The molecule has 0 amide bonds. The van der Waals surface area contributed by atoms with Gasteiger partial charge in [0, 0.05) is 26.1 Å². The van der Waals surface area contributed by atoms with Gasteiger partial charge in [-0.3, -0.25) is 4.90 Å². The lowest BCUT2D eigenvalue weighted by Crippen LogP contribution is -2.31. The molecule has 1 aliphatic rings. The van der Waals surface area contributed by atoms with Crippen molar-refractivity contribution < 1.29 is 14.0 Å². The number of hydrogen-bond acceptors (Lipinski definition) is 6. The lowest BCUT2D eigenvalue weighted by atomic mass is 10.1. The molecular formula is C18H25N3O3. The van der Waals surface area contributed by atoms with Crippen molar-refractivity contribution in [3.8, 4) is 5.75 Å². The van der Waals surface area contributed by atoms with Gasteiger partial charge in [-0.15, -0.1) is 0 Å². The molecule has 6 heteroatoms. The van der Waals surface area contributed by atoms with E-state index in [4.69, 9.17) is 14.0 Å². The van der Waals surface area contributed by atoms with E-state index in [1.165, 1.54) is 5.56 Å². The summed E-state index contributed by atoms with van der Waals surface area (Å²) in [5, 5.41) is 3.99. The van der Waals surface area contributed by atoms with Crippen LogP contribution in [0.1, 0.15) is 37.0 Å². The number of nitrogens with zero attached hydrogens (tertiary/aromatic N) is 3. The van der Waals surface area contributed by atoms with Gasteiger partial charge in [0.15, 0.2) is 5.82 Å². The van der Waals surface area contributed by atoms with Crippen LogP contribution in [-0.2, 0) is 24.2 Å². The molecule has 0 N–H and O–H groups in total. The number of aryl methyl sites for hydroxylation is 1. The maximum absolute atomic E-state index is 5.80. The van der Waals surface area contributed by atoms with Crippen molar-refractivity contribution in [2.24, 2.45) is 0 Å². The minimum Gasteiger partial charge on any atom is -0.497 e. The van der Waals surface area contributed by atoms with Gasteiger partial charge in [-0.25, -0.2) is 0 Å². The summed E-state index contributed by atoms with van der Waals surface area (Å²) in [7, 11) is 1.69. The lowest BCUT2D eigenvalue weighted by Gasteiger charge is -2.24. The van der Waals surface area contributed by atoms with Gasteiger partial charge in [0.2, 0.25) is 5.89 Å². The number of benzene rings is 1. The van der Waals surface area contributed by atoms with Crippen molar-refractivity contribution in [2.45, 2.75) is 45.4 Å². The monoisotopic (exact) mass is 331 g/mol. The quantitative estimate of drug-likeness (QED) is 0.741. The second kappa shape index (κ2) is 8.26. The summed E-state index contributed by atoms with van der Waals surface area (Å²) in [6, 6.07) is 8.14. The normalized spacial score (nSPS) is 17.5. The first-order valence-electron chi connectivity index (χ1n) is 8.55. The maximum atomic E-state index is 5.80. The Labute approximate surface area is 142 Å². The molecule has 2 aromatic rings. The van der Waals surface area contributed by atoms with Gasteiger partial charge in [0.05, 0.1) is 19.8 Å². The fourth-order valence-electron chi connectivity index (χ4n) is 2.98. The first kappa shape index (κ1) is 16.9. The Bertz CT molecular complexity index is 638. The average Bonchev–Trinajstić information content (AvgIpc) is 3.26. The van der Waals surface area contributed by atoms with Crippen LogP contribution >= 0.6 is 0 Å². The zero-order chi connectivity index (χ0) is 16.8. The number of hydrogen-bond donors (Lipinski definition) is 0. The second-order valence-corrected chi connectivity index (χ2v) is 6.11. The highest BCUT2D eigenvalue weighted by atomic mass is 16.5. The highest BCUT2D eigenvalue weighted by molar-refractivity contribution is 5.28. The highest BCUT2D eigenvalue weighted by Gasteiger charge is 2.21. The van der Waals surface area contributed by atoms with Crippen LogP contribution in [0.25, 0.3) is 0 Å². The smallest absolute Gasteiger partial charge is 0.240 e. The van der Waals surface area contributed by atoms with E-state index in [9.17, 15) is 0 Å². The molecule has 1 atom stereocenters. The van der Waals surface area contributed by atoms with Crippen molar-refractivity contribution in [3.63, 3.8) is 0 Å². The van der Waals surface area contributed by atoms with Crippen molar-refractivity contribution >= 4 is 0 Å². The molecule has 1 saturated heterocycles. The third-order valence-corrected chi connectivity index (χ3v) is 4.21. The van der Waals surface area contributed by atoms with Crippen LogP contribution in [0.15, 0.2) is 28.8 Å². The lowest BCUT2D eigenvalue weighted by molar-refractivity contribution is 0.0640. The fraction of sp³-hybridized carbons (Fsp3) is 0.556. The first-order valence-corrected chi connectivity index (χ1v) is 8.55. The van der Waals surface area contributed by atoms with Crippen LogP contribution in [0.3, 0.4) is 0 Å². The number of rotatable bonds is 8. The summed E-state index contributed by atoms with van der Waals surface area (Å²) in [4.78, 5) is 6.74. The van der Waals surface area contributed by atoms with Gasteiger partial charge in [0.25, 0.3) is 0 Å². The van der Waals surface area contributed by atoms with Crippen LogP contribution in [0.2, 0.25) is 0 Å². The Kier molecular flexibility index (Phi) is 5.82.